The van der Waals surface area contributed by atoms with E-state index in [1.54, 1.807) is 6.07 Å². The van der Waals surface area contributed by atoms with E-state index >= 15 is 0 Å². The van der Waals surface area contributed by atoms with E-state index in [1.165, 1.54) is 6.07 Å². The van der Waals surface area contributed by atoms with Crippen molar-refractivity contribution in [3.8, 4) is 0 Å². The highest BCUT2D eigenvalue weighted by molar-refractivity contribution is 5.34. The van der Waals surface area contributed by atoms with Gasteiger partial charge >= 0.3 is 0 Å². The smallest absolute Gasteiger partial charge is 0.126 e. The van der Waals surface area contributed by atoms with Crippen LogP contribution in [0.4, 0.5) is 4.39 Å². The second kappa shape index (κ2) is 3.56. The van der Waals surface area contributed by atoms with Crippen LogP contribution in [0.3, 0.4) is 0 Å². The standard InChI is InChI=1S/C14H19FO/c1-13(2,3)11-9-10(5-6-12(11)15)14(16)7-4-8-14/h5-6,9,16H,4,7-8H2,1-3H3. The van der Waals surface area contributed by atoms with Gasteiger partial charge in [-0.25, -0.2) is 4.39 Å². The van der Waals surface area contributed by atoms with E-state index in [9.17, 15) is 9.50 Å². The van der Waals surface area contributed by atoms with Gasteiger partial charge in [0, 0.05) is 0 Å². The zero-order chi connectivity index (χ0) is 12.0. The van der Waals surface area contributed by atoms with Crippen LogP contribution in [0.25, 0.3) is 0 Å². The summed E-state index contributed by atoms with van der Waals surface area (Å²) in [6.07, 6.45) is 2.64. The molecule has 1 aromatic rings. The first-order valence-corrected chi connectivity index (χ1v) is 5.86. The molecular formula is C14H19FO. The maximum atomic E-state index is 13.7. The van der Waals surface area contributed by atoms with E-state index < -0.39 is 5.60 Å². The van der Waals surface area contributed by atoms with Crippen LogP contribution in [0.2, 0.25) is 0 Å². The number of aliphatic hydroxyl groups is 1. The first-order valence-electron chi connectivity index (χ1n) is 5.86. The molecule has 1 aliphatic carbocycles. The fourth-order valence-electron chi connectivity index (χ4n) is 2.19. The lowest BCUT2D eigenvalue weighted by atomic mass is 9.73. The molecule has 1 saturated carbocycles. The Bertz CT molecular complexity index is 400. The van der Waals surface area contributed by atoms with Gasteiger partial charge in [0.2, 0.25) is 0 Å². The molecule has 0 aromatic heterocycles. The zero-order valence-corrected chi connectivity index (χ0v) is 10.2. The Morgan fingerprint density at radius 1 is 1.25 bits per heavy atom. The quantitative estimate of drug-likeness (QED) is 0.771. The van der Waals surface area contributed by atoms with Crippen LogP contribution < -0.4 is 0 Å². The van der Waals surface area contributed by atoms with Crippen molar-refractivity contribution in [1.29, 1.82) is 0 Å². The molecule has 1 nitrogen and oxygen atoms in total. The molecule has 0 saturated heterocycles. The van der Waals surface area contributed by atoms with Gasteiger partial charge in [-0.15, -0.1) is 0 Å². The minimum atomic E-state index is -0.701. The molecule has 1 aromatic carbocycles. The molecule has 2 heteroatoms. The molecule has 1 N–H and O–H groups in total. The van der Waals surface area contributed by atoms with Crippen molar-refractivity contribution in [2.24, 2.45) is 0 Å². The molecule has 1 fully saturated rings. The molecule has 2 rings (SSSR count). The molecule has 1 aliphatic rings. The summed E-state index contributed by atoms with van der Waals surface area (Å²) in [5.41, 5.74) is 0.629. The molecule has 0 radical (unpaired) electrons. The summed E-state index contributed by atoms with van der Waals surface area (Å²) in [7, 11) is 0. The molecule has 0 heterocycles. The van der Waals surface area contributed by atoms with Crippen molar-refractivity contribution in [2.45, 2.75) is 51.0 Å². The predicted molar refractivity (Wildman–Crippen MR) is 62.8 cm³/mol. The van der Waals surface area contributed by atoms with E-state index in [0.29, 0.717) is 5.56 Å². The Labute approximate surface area is 96.3 Å². The average molecular weight is 222 g/mol. The maximum Gasteiger partial charge on any atom is 0.126 e. The lowest BCUT2D eigenvalue weighted by Gasteiger charge is -2.38. The average Bonchev–Trinajstić information content (AvgIpc) is 2.13. The first-order chi connectivity index (χ1) is 7.33. The van der Waals surface area contributed by atoms with Crippen LogP contribution in [0.15, 0.2) is 18.2 Å². The lowest BCUT2D eigenvalue weighted by Crippen LogP contribution is -2.34. The monoisotopic (exact) mass is 222 g/mol. The second-order valence-electron chi connectivity index (χ2n) is 5.83. The number of hydrogen-bond donors (Lipinski definition) is 1. The van der Waals surface area contributed by atoms with Gasteiger partial charge in [0.1, 0.15) is 5.82 Å². The lowest BCUT2D eigenvalue weighted by molar-refractivity contribution is -0.0389. The van der Waals surface area contributed by atoms with Gasteiger partial charge in [0.15, 0.2) is 0 Å². The van der Waals surface area contributed by atoms with Gasteiger partial charge in [-0.1, -0.05) is 26.8 Å². The molecule has 0 bridgehead atoms. The Kier molecular flexibility index (Phi) is 2.58. The topological polar surface area (TPSA) is 20.2 Å². The first kappa shape index (κ1) is 11.6. The minimum Gasteiger partial charge on any atom is -0.385 e. The summed E-state index contributed by atoms with van der Waals surface area (Å²) in [5.74, 6) is -0.181. The molecule has 0 atom stereocenters. The number of rotatable bonds is 1. The number of hydrogen-bond acceptors (Lipinski definition) is 1. The summed E-state index contributed by atoms with van der Waals surface area (Å²) in [4.78, 5) is 0. The third-order valence-electron chi connectivity index (χ3n) is 3.49. The van der Waals surface area contributed by atoms with Crippen molar-refractivity contribution in [2.75, 3.05) is 0 Å². The van der Waals surface area contributed by atoms with Crippen LogP contribution in [0.5, 0.6) is 0 Å². The van der Waals surface area contributed by atoms with Crippen molar-refractivity contribution in [1.82, 2.24) is 0 Å². The highest BCUT2D eigenvalue weighted by atomic mass is 19.1. The van der Waals surface area contributed by atoms with Gasteiger partial charge in [-0.3, -0.25) is 0 Å². The Morgan fingerprint density at radius 3 is 2.31 bits per heavy atom. The summed E-state index contributed by atoms with van der Waals surface area (Å²) in [5, 5.41) is 10.2. The Hall–Kier alpha value is -0.890. The fourth-order valence-corrected chi connectivity index (χ4v) is 2.19. The van der Waals surface area contributed by atoms with Crippen LogP contribution in [-0.2, 0) is 11.0 Å². The normalized spacial score (nSPS) is 19.3. The fraction of sp³-hybridized carbons (Fsp3) is 0.571. The molecule has 0 unspecified atom stereocenters. The van der Waals surface area contributed by atoms with Crippen LogP contribution >= 0.6 is 0 Å². The molecule has 0 amide bonds. The number of benzene rings is 1. The van der Waals surface area contributed by atoms with Crippen LogP contribution in [-0.4, -0.2) is 5.11 Å². The molecular weight excluding hydrogens is 203 g/mol. The third-order valence-corrected chi connectivity index (χ3v) is 3.49. The van der Waals surface area contributed by atoms with Crippen LogP contribution in [0, 0.1) is 5.82 Å². The number of halogens is 1. The summed E-state index contributed by atoms with van der Waals surface area (Å²) in [6, 6.07) is 5.02. The Balaban J connectivity index is 2.43. The molecule has 16 heavy (non-hydrogen) atoms. The third kappa shape index (κ3) is 1.86. The van der Waals surface area contributed by atoms with Crippen molar-refractivity contribution in [3.63, 3.8) is 0 Å². The van der Waals surface area contributed by atoms with Gasteiger partial charge in [-0.2, -0.15) is 0 Å². The summed E-state index contributed by atoms with van der Waals surface area (Å²) in [6.45, 7) is 5.96. The van der Waals surface area contributed by atoms with Crippen LogP contribution in [0.1, 0.15) is 51.2 Å². The highest BCUT2D eigenvalue weighted by Gasteiger charge is 2.37. The van der Waals surface area contributed by atoms with E-state index in [4.69, 9.17) is 0 Å². The van der Waals surface area contributed by atoms with E-state index in [0.717, 1.165) is 24.8 Å². The van der Waals surface area contributed by atoms with Gasteiger partial charge in [-0.05, 0) is 47.9 Å². The van der Waals surface area contributed by atoms with E-state index in [2.05, 4.69) is 0 Å². The summed E-state index contributed by atoms with van der Waals surface area (Å²) < 4.78 is 13.7. The highest BCUT2D eigenvalue weighted by Crippen LogP contribution is 2.42. The van der Waals surface area contributed by atoms with Crippen molar-refractivity contribution in [3.05, 3.63) is 35.1 Å². The molecule has 0 aliphatic heterocycles. The summed E-state index contributed by atoms with van der Waals surface area (Å²) >= 11 is 0. The Morgan fingerprint density at radius 2 is 1.88 bits per heavy atom. The van der Waals surface area contributed by atoms with Gasteiger partial charge in [0.25, 0.3) is 0 Å². The SMILES string of the molecule is CC(C)(C)c1cc(C2(O)CCC2)ccc1F. The van der Waals surface area contributed by atoms with E-state index in [1.807, 2.05) is 26.8 Å². The maximum absolute atomic E-state index is 13.7. The van der Waals surface area contributed by atoms with E-state index in [-0.39, 0.29) is 11.2 Å². The van der Waals surface area contributed by atoms with Gasteiger partial charge < -0.3 is 5.11 Å². The minimum absolute atomic E-state index is 0.181. The molecule has 88 valence electrons. The largest absolute Gasteiger partial charge is 0.385 e. The predicted octanol–water partition coefficient (Wildman–Crippen LogP) is 3.49. The van der Waals surface area contributed by atoms with Gasteiger partial charge in [0.05, 0.1) is 5.60 Å². The molecule has 0 spiro atoms. The van der Waals surface area contributed by atoms with Crippen molar-refractivity contribution >= 4 is 0 Å². The van der Waals surface area contributed by atoms with Crippen molar-refractivity contribution < 1.29 is 9.50 Å². The second-order valence-corrected chi connectivity index (χ2v) is 5.83. The zero-order valence-electron chi connectivity index (χ0n) is 10.2.